The van der Waals surface area contributed by atoms with E-state index >= 15 is 0 Å². The summed E-state index contributed by atoms with van der Waals surface area (Å²) >= 11 is 13.7. The highest BCUT2D eigenvalue weighted by Crippen LogP contribution is 2.42. The third kappa shape index (κ3) is 3.09. The largest absolute Gasteiger partial charge is 0.0918 e. The minimum absolute atomic E-state index is 0.159. The van der Waals surface area contributed by atoms with Gasteiger partial charge in [-0.25, -0.2) is 0 Å². The highest BCUT2D eigenvalue weighted by atomic mass is 79.9. The first-order valence-electron chi connectivity index (χ1n) is 7.23. The fourth-order valence-corrected chi connectivity index (χ4v) is 4.93. The molecule has 0 amide bonds. The van der Waals surface area contributed by atoms with Crippen molar-refractivity contribution in [1.82, 2.24) is 0 Å². The third-order valence-electron chi connectivity index (χ3n) is 4.49. The quantitative estimate of drug-likeness (QED) is 0.502. The molecule has 0 bridgehead atoms. The van der Waals surface area contributed by atoms with Gasteiger partial charge in [0.1, 0.15) is 0 Å². The fourth-order valence-electron chi connectivity index (χ4n) is 3.41. The molecule has 0 heterocycles. The third-order valence-corrected chi connectivity index (χ3v) is 6.41. The normalized spacial score (nSPS) is 21.1. The first-order valence-corrected chi connectivity index (χ1v) is 9.52. The molecule has 0 saturated heterocycles. The summed E-state index contributed by atoms with van der Waals surface area (Å²) in [6.07, 6.45) is 4.64. The lowest BCUT2D eigenvalue weighted by Gasteiger charge is -2.38. The number of hydrogen-bond acceptors (Lipinski definition) is 0. The van der Waals surface area contributed by atoms with E-state index in [-0.39, 0.29) is 5.41 Å². The summed E-state index contributed by atoms with van der Waals surface area (Å²) in [7, 11) is 0. The fraction of sp³-hybridized carbons (Fsp3) is 0.333. The van der Waals surface area contributed by atoms with Crippen LogP contribution in [-0.2, 0) is 18.3 Å². The van der Waals surface area contributed by atoms with Gasteiger partial charge in [-0.05, 0) is 54.5 Å². The Morgan fingerprint density at radius 2 is 1.95 bits per heavy atom. The van der Waals surface area contributed by atoms with Gasteiger partial charge in [-0.15, -0.1) is 0 Å². The lowest BCUT2D eigenvalue weighted by atomic mass is 9.68. The van der Waals surface area contributed by atoms with Gasteiger partial charge >= 0.3 is 0 Å². The lowest BCUT2D eigenvalue weighted by molar-refractivity contribution is 0.401. The average molecular weight is 429 g/mol. The summed E-state index contributed by atoms with van der Waals surface area (Å²) in [6.45, 7) is 0. The maximum absolute atomic E-state index is 6.45. The van der Waals surface area contributed by atoms with Crippen LogP contribution in [0, 0.1) is 0 Å². The number of aryl methyl sites for hydroxylation is 1. The average Bonchev–Trinajstić information content (AvgIpc) is 2.50. The smallest absolute Gasteiger partial charge is 0.0449 e. The zero-order valence-corrected chi connectivity index (χ0v) is 15.6. The number of benzene rings is 2. The van der Waals surface area contributed by atoms with Crippen LogP contribution in [0.15, 0.2) is 46.9 Å². The minimum atomic E-state index is 0.159. The molecule has 1 aliphatic rings. The summed E-state index contributed by atoms with van der Waals surface area (Å²) in [5.41, 5.74) is 4.38. The van der Waals surface area contributed by atoms with Crippen molar-refractivity contribution in [2.45, 2.75) is 31.1 Å². The molecule has 0 N–H and O–H groups in total. The lowest BCUT2D eigenvalue weighted by Crippen LogP contribution is -2.35. The van der Waals surface area contributed by atoms with Gasteiger partial charge in [0.2, 0.25) is 0 Å². The van der Waals surface area contributed by atoms with Crippen molar-refractivity contribution in [3.05, 3.63) is 68.7 Å². The molecule has 3 rings (SSSR count). The molecule has 1 atom stereocenters. The molecule has 0 aliphatic heterocycles. The summed E-state index contributed by atoms with van der Waals surface area (Å²) in [5.74, 6) is 0. The standard InChI is InChI=1S/C18H17Br2Cl/c19-12-18(11-14-7-8-15(20)10-17(14)21)9-3-5-13-4-1-2-6-16(13)18/h1-2,4,6-8,10H,3,5,9,11-12H2. The molecule has 0 fully saturated rings. The Bertz CT molecular complexity index is 653. The van der Waals surface area contributed by atoms with Gasteiger partial charge in [0.15, 0.2) is 0 Å². The highest BCUT2D eigenvalue weighted by molar-refractivity contribution is 9.10. The Balaban J connectivity index is 2.02. The molecule has 2 aromatic rings. The van der Waals surface area contributed by atoms with Crippen LogP contribution in [0.1, 0.15) is 29.5 Å². The molecule has 3 heteroatoms. The molecule has 0 saturated carbocycles. The van der Waals surface area contributed by atoms with E-state index in [1.807, 2.05) is 6.07 Å². The highest BCUT2D eigenvalue weighted by Gasteiger charge is 2.36. The molecule has 0 aromatic heterocycles. The van der Waals surface area contributed by atoms with Crippen molar-refractivity contribution in [2.75, 3.05) is 5.33 Å². The van der Waals surface area contributed by atoms with E-state index in [1.54, 1.807) is 0 Å². The van der Waals surface area contributed by atoms with Crippen molar-refractivity contribution >= 4 is 43.5 Å². The van der Waals surface area contributed by atoms with Gasteiger partial charge < -0.3 is 0 Å². The maximum Gasteiger partial charge on any atom is 0.0449 e. The Morgan fingerprint density at radius 1 is 1.14 bits per heavy atom. The van der Waals surface area contributed by atoms with E-state index in [9.17, 15) is 0 Å². The molecule has 21 heavy (non-hydrogen) atoms. The summed E-state index contributed by atoms with van der Waals surface area (Å²) in [6, 6.07) is 15.1. The van der Waals surface area contributed by atoms with Crippen LogP contribution >= 0.6 is 43.5 Å². The van der Waals surface area contributed by atoms with Crippen molar-refractivity contribution in [3.63, 3.8) is 0 Å². The van der Waals surface area contributed by atoms with Gasteiger partial charge in [0, 0.05) is 20.2 Å². The summed E-state index contributed by atoms with van der Waals surface area (Å²) in [4.78, 5) is 0. The molecule has 1 aliphatic carbocycles. The van der Waals surface area contributed by atoms with Gasteiger partial charge in [-0.3, -0.25) is 0 Å². The molecule has 0 radical (unpaired) electrons. The van der Waals surface area contributed by atoms with Crippen molar-refractivity contribution in [3.8, 4) is 0 Å². The van der Waals surface area contributed by atoms with E-state index in [0.29, 0.717) is 0 Å². The van der Waals surface area contributed by atoms with Gasteiger partial charge in [0.25, 0.3) is 0 Å². The van der Waals surface area contributed by atoms with Crippen LogP contribution in [0.5, 0.6) is 0 Å². The summed E-state index contributed by atoms with van der Waals surface area (Å²) in [5, 5.41) is 1.83. The molecular formula is C18H17Br2Cl. The molecule has 2 aromatic carbocycles. The predicted octanol–water partition coefficient (Wildman–Crippen LogP) is 6.31. The topological polar surface area (TPSA) is 0 Å². The second-order valence-corrected chi connectivity index (χ2v) is 7.72. The zero-order chi connectivity index (χ0) is 14.9. The van der Waals surface area contributed by atoms with Crippen LogP contribution in [0.25, 0.3) is 0 Å². The molecule has 0 nitrogen and oxygen atoms in total. The van der Waals surface area contributed by atoms with E-state index in [2.05, 4.69) is 68.3 Å². The molecular weight excluding hydrogens is 411 g/mol. The monoisotopic (exact) mass is 426 g/mol. The number of rotatable bonds is 3. The van der Waals surface area contributed by atoms with Crippen LogP contribution in [0.2, 0.25) is 5.02 Å². The molecule has 110 valence electrons. The first-order chi connectivity index (χ1) is 10.1. The second-order valence-electron chi connectivity index (χ2n) is 5.84. The number of halogens is 3. The van der Waals surface area contributed by atoms with E-state index in [0.717, 1.165) is 21.2 Å². The van der Waals surface area contributed by atoms with E-state index < -0.39 is 0 Å². The van der Waals surface area contributed by atoms with Gasteiger partial charge in [-0.1, -0.05) is 73.8 Å². The van der Waals surface area contributed by atoms with E-state index in [4.69, 9.17) is 11.6 Å². The number of hydrogen-bond donors (Lipinski definition) is 0. The van der Waals surface area contributed by atoms with Crippen LogP contribution in [0.3, 0.4) is 0 Å². The number of alkyl halides is 1. The second kappa shape index (κ2) is 6.44. The van der Waals surface area contributed by atoms with Gasteiger partial charge in [0.05, 0.1) is 0 Å². The van der Waals surface area contributed by atoms with Crippen LogP contribution in [0.4, 0.5) is 0 Å². The molecule has 1 unspecified atom stereocenters. The Kier molecular flexibility index (Phi) is 4.78. The Morgan fingerprint density at radius 3 is 2.71 bits per heavy atom. The Labute approximate surface area is 148 Å². The minimum Gasteiger partial charge on any atom is -0.0918 e. The Hall–Kier alpha value is -0.310. The van der Waals surface area contributed by atoms with Crippen molar-refractivity contribution in [2.24, 2.45) is 0 Å². The predicted molar refractivity (Wildman–Crippen MR) is 97.7 cm³/mol. The maximum atomic E-state index is 6.45. The van der Waals surface area contributed by atoms with Crippen molar-refractivity contribution in [1.29, 1.82) is 0 Å². The van der Waals surface area contributed by atoms with Crippen LogP contribution < -0.4 is 0 Å². The van der Waals surface area contributed by atoms with Crippen molar-refractivity contribution < 1.29 is 0 Å². The summed E-state index contributed by atoms with van der Waals surface area (Å²) < 4.78 is 1.04. The number of fused-ring (bicyclic) bond motifs is 1. The van der Waals surface area contributed by atoms with Gasteiger partial charge in [-0.2, -0.15) is 0 Å². The van der Waals surface area contributed by atoms with E-state index in [1.165, 1.54) is 36.0 Å². The zero-order valence-electron chi connectivity index (χ0n) is 11.7. The molecule has 0 spiro atoms. The van der Waals surface area contributed by atoms with Crippen LogP contribution in [-0.4, -0.2) is 5.33 Å². The first kappa shape index (κ1) is 15.6. The SMILES string of the molecule is Clc1cc(Br)ccc1CC1(CBr)CCCc2ccccc21.